The number of Topliss-reactive ketones (excluding diaryl/α,β-unsaturated/α-hetero) is 1. The monoisotopic (exact) mass is 384 g/mol. The van der Waals surface area contributed by atoms with Crippen molar-refractivity contribution in [3.63, 3.8) is 0 Å². The molecule has 0 saturated carbocycles. The van der Waals surface area contributed by atoms with Crippen LogP contribution in [0.15, 0.2) is 58.4 Å². The van der Waals surface area contributed by atoms with Gasteiger partial charge < -0.3 is 24.1 Å². The minimum Gasteiger partial charge on any atom is -0.503 e. The number of nitrogens with zero attached hydrogens (tertiary/aromatic N) is 2. The van der Waals surface area contributed by atoms with Crippen LogP contribution in [-0.2, 0) is 4.79 Å². The van der Waals surface area contributed by atoms with Gasteiger partial charge in [-0.3, -0.25) is 9.59 Å². The van der Waals surface area contributed by atoms with Gasteiger partial charge in [0.05, 0.1) is 24.5 Å². The summed E-state index contributed by atoms with van der Waals surface area (Å²) in [7, 11) is 3.79. The van der Waals surface area contributed by atoms with E-state index >= 15 is 0 Å². The molecule has 1 atom stereocenters. The van der Waals surface area contributed by atoms with Crippen LogP contribution in [0.25, 0.3) is 0 Å². The molecule has 0 unspecified atom stereocenters. The Morgan fingerprint density at radius 2 is 1.96 bits per heavy atom. The van der Waals surface area contributed by atoms with Crippen molar-refractivity contribution in [2.45, 2.75) is 13.0 Å². The van der Waals surface area contributed by atoms with E-state index in [2.05, 4.69) is 0 Å². The summed E-state index contributed by atoms with van der Waals surface area (Å²) in [5.41, 5.74) is 0.748. The van der Waals surface area contributed by atoms with Crippen molar-refractivity contribution in [1.82, 2.24) is 9.80 Å². The molecule has 148 valence electrons. The molecule has 1 aromatic carbocycles. The van der Waals surface area contributed by atoms with E-state index in [-0.39, 0.29) is 11.3 Å². The van der Waals surface area contributed by atoms with E-state index in [4.69, 9.17) is 9.15 Å². The summed E-state index contributed by atoms with van der Waals surface area (Å²) in [4.78, 5) is 29.2. The first-order chi connectivity index (χ1) is 13.4. The number of amides is 1. The number of hydrogen-bond acceptors (Lipinski definition) is 6. The molecule has 2 heterocycles. The van der Waals surface area contributed by atoms with E-state index in [1.54, 1.807) is 30.3 Å². The molecular formula is C21H24N2O5. The maximum atomic E-state index is 13.0. The van der Waals surface area contributed by atoms with Crippen molar-refractivity contribution in [2.24, 2.45) is 0 Å². The third-order valence-corrected chi connectivity index (χ3v) is 4.59. The zero-order valence-corrected chi connectivity index (χ0v) is 16.2. The van der Waals surface area contributed by atoms with Gasteiger partial charge in [-0.15, -0.1) is 0 Å². The van der Waals surface area contributed by atoms with Gasteiger partial charge in [0.15, 0.2) is 11.5 Å². The lowest BCUT2D eigenvalue weighted by Gasteiger charge is -2.28. The van der Waals surface area contributed by atoms with Crippen LogP contribution in [0, 0.1) is 0 Å². The van der Waals surface area contributed by atoms with E-state index in [9.17, 15) is 14.7 Å². The summed E-state index contributed by atoms with van der Waals surface area (Å²) in [6, 6.07) is 9.61. The molecule has 1 N–H and O–H groups in total. The van der Waals surface area contributed by atoms with Crippen molar-refractivity contribution in [3.8, 4) is 5.75 Å². The number of aliphatic hydroxyl groups is 1. The number of carbonyl (C=O) groups is 2. The molecule has 0 radical (unpaired) electrons. The average Bonchev–Trinajstić information content (AvgIpc) is 3.29. The molecule has 1 aliphatic heterocycles. The van der Waals surface area contributed by atoms with Crippen LogP contribution in [0.2, 0.25) is 0 Å². The van der Waals surface area contributed by atoms with Gasteiger partial charge in [0.2, 0.25) is 5.78 Å². The Kier molecular flexibility index (Phi) is 5.84. The maximum Gasteiger partial charge on any atom is 0.290 e. The first-order valence-electron chi connectivity index (χ1n) is 9.13. The first kappa shape index (κ1) is 19.7. The number of ether oxygens (including phenoxy) is 1. The molecule has 0 saturated heterocycles. The van der Waals surface area contributed by atoms with E-state index in [0.29, 0.717) is 25.4 Å². The molecule has 28 heavy (non-hydrogen) atoms. The first-order valence-corrected chi connectivity index (χ1v) is 9.13. The molecule has 0 fully saturated rings. The number of aliphatic hydroxyl groups excluding tert-OH is 1. The van der Waals surface area contributed by atoms with E-state index in [0.717, 1.165) is 5.56 Å². The van der Waals surface area contributed by atoms with Crippen LogP contribution in [0.5, 0.6) is 5.75 Å². The molecular weight excluding hydrogens is 360 g/mol. The predicted molar refractivity (Wildman–Crippen MR) is 103 cm³/mol. The topological polar surface area (TPSA) is 83.2 Å². The molecule has 7 nitrogen and oxygen atoms in total. The second-order valence-electron chi connectivity index (χ2n) is 6.78. The average molecular weight is 384 g/mol. The van der Waals surface area contributed by atoms with Crippen molar-refractivity contribution >= 4 is 11.7 Å². The molecule has 0 spiro atoms. The highest BCUT2D eigenvalue weighted by molar-refractivity contribution is 6.15. The quantitative estimate of drug-likeness (QED) is 0.705. The van der Waals surface area contributed by atoms with Gasteiger partial charge in [0.1, 0.15) is 5.75 Å². The third-order valence-electron chi connectivity index (χ3n) is 4.59. The molecule has 0 bridgehead atoms. The van der Waals surface area contributed by atoms with Crippen LogP contribution in [0.1, 0.15) is 29.1 Å². The van der Waals surface area contributed by atoms with Crippen LogP contribution >= 0.6 is 0 Å². The zero-order chi connectivity index (χ0) is 20.3. The molecule has 1 aliphatic rings. The molecule has 1 amide bonds. The molecule has 2 aromatic rings. The van der Waals surface area contributed by atoms with Gasteiger partial charge in [0.25, 0.3) is 5.91 Å². The molecule has 3 rings (SSSR count). The summed E-state index contributed by atoms with van der Waals surface area (Å²) in [6.45, 7) is 3.39. The van der Waals surface area contributed by atoms with Gasteiger partial charge in [-0.25, -0.2) is 0 Å². The highest BCUT2D eigenvalue weighted by Crippen LogP contribution is 2.39. The lowest BCUT2D eigenvalue weighted by Crippen LogP contribution is -2.36. The number of benzene rings is 1. The van der Waals surface area contributed by atoms with Gasteiger partial charge in [0, 0.05) is 13.1 Å². The Morgan fingerprint density at radius 1 is 1.25 bits per heavy atom. The predicted octanol–water partition coefficient (Wildman–Crippen LogP) is 2.82. The highest BCUT2D eigenvalue weighted by Gasteiger charge is 2.44. The fraction of sp³-hybridized carbons (Fsp3) is 0.333. The number of carbonyl (C=O) groups excluding carboxylic acids is 2. The number of rotatable bonds is 8. The summed E-state index contributed by atoms with van der Waals surface area (Å²) in [5, 5.41) is 10.5. The van der Waals surface area contributed by atoms with Crippen LogP contribution < -0.4 is 4.74 Å². The fourth-order valence-corrected chi connectivity index (χ4v) is 3.22. The SMILES string of the molecule is CCOc1ccc([C@@H]2C(C(=O)c3ccco3)=C(O)C(=O)N2CCN(C)C)cc1. The number of likely N-dealkylation sites (N-methyl/N-ethyl adjacent to an activating group) is 1. The lowest BCUT2D eigenvalue weighted by atomic mass is 9.95. The number of furan rings is 1. The normalized spacial score (nSPS) is 16.9. The Hall–Kier alpha value is -3.06. The minimum absolute atomic E-state index is 0.0304. The van der Waals surface area contributed by atoms with E-state index in [1.165, 1.54) is 17.2 Å². The second kappa shape index (κ2) is 8.31. The zero-order valence-electron chi connectivity index (χ0n) is 16.2. The minimum atomic E-state index is -0.694. The molecule has 0 aliphatic carbocycles. The van der Waals surface area contributed by atoms with E-state index < -0.39 is 23.5 Å². The molecule has 7 heteroatoms. The Balaban J connectivity index is 2.01. The smallest absolute Gasteiger partial charge is 0.290 e. The van der Waals surface area contributed by atoms with E-state index in [1.807, 2.05) is 25.9 Å². The Bertz CT molecular complexity index is 869. The van der Waals surface area contributed by atoms with Crippen LogP contribution in [-0.4, -0.2) is 60.4 Å². The largest absolute Gasteiger partial charge is 0.503 e. The van der Waals surface area contributed by atoms with Gasteiger partial charge in [-0.1, -0.05) is 12.1 Å². The number of ketones is 1. The summed E-state index contributed by atoms with van der Waals surface area (Å²) < 4.78 is 10.7. The lowest BCUT2D eigenvalue weighted by molar-refractivity contribution is -0.129. The summed E-state index contributed by atoms with van der Waals surface area (Å²) in [6.07, 6.45) is 1.39. The standard InChI is InChI=1S/C21H24N2O5/c1-4-27-15-9-7-14(8-10-15)18-17(19(24)16-6-5-13-28-16)20(25)21(26)23(18)12-11-22(2)3/h5-10,13,18,25H,4,11-12H2,1-3H3/t18-/m1/s1. The van der Waals surface area contributed by atoms with Gasteiger partial charge in [-0.2, -0.15) is 0 Å². The van der Waals surface area contributed by atoms with Crippen molar-refractivity contribution in [3.05, 3.63) is 65.3 Å². The van der Waals surface area contributed by atoms with Crippen LogP contribution in [0.3, 0.4) is 0 Å². The van der Waals surface area contributed by atoms with Gasteiger partial charge in [-0.05, 0) is 50.8 Å². The summed E-state index contributed by atoms with van der Waals surface area (Å²) in [5.74, 6) is -0.806. The Morgan fingerprint density at radius 3 is 2.54 bits per heavy atom. The van der Waals surface area contributed by atoms with Gasteiger partial charge >= 0.3 is 0 Å². The van der Waals surface area contributed by atoms with Crippen molar-refractivity contribution in [2.75, 3.05) is 33.8 Å². The van der Waals surface area contributed by atoms with Crippen molar-refractivity contribution < 1.29 is 23.8 Å². The third kappa shape index (κ3) is 3.80. The van der Waals surface area contributed by atoms with Crippen LogP contribution in [0.4, 0.5) is 0 Å². The fourth-order valence-electron chi connectivity index (χ4n) is 3.22. The highest BCUT2D eigenvalue weighted by atomic mass is 16.5. The molecule has 1 aromatic heterocycles. The van der Waals surface area contributed by atoms with Crippen molar-refractivity contribution in [1.29, 1.82) is 0 Å². The summed E-state index contributed by atoms with van der Waals surface area (Å²) >= 11 is 0. The maximum absolute atomic E-state index is 13.0. The Labute approximate surface area is 163 Å². The number of hydrogen-bond donors (Lipinski definition) is 1. The second-order valence-corrected chi connectivity index (χ2v) is 6.78.